The van der Waals surface area contributed by atoms with Gasteiger partial charge >= 0.3 is 6.09 Å². The van der Waals surface area contributed by atoms with E-state index in [1.165, 1.54) is 23.3 Å². The third kappa shape index (κ3) is 8.98. The van der Waals surface area contributed by atoms with Crippen LogP contribution < -0.4 is 10.6 Å². The number of hydrogen-bond donors (Lipinski definition) is 3. The number of aliphatic hydroxyl groups is 1. The highest BCUT2D eigenvalue weighted by atomic mass is 79.9. The molecule has 0 radical (unpaired) electrons. The molecule has 1 saturated carbocycles. The number of aliphatic hydroxyl groups excluding tert-OH is 1. The summed E-state index contributed by atoms with van der Waals surface area (Å²) >= 11 is 3.71. The molecule has 0 heterocycles. The van der Waals surface area contributed by atoms with Crippen LogP contribution in [-0.4, -0.2) is 35.5 Å². The maximum atomic E-state index is 13.9. The molecule has 0 spiro atoms. The van der Waals surface area contributed by atoms with Gasteiger partial charge in [-0.3, -0.25) is 0 Å². The number of carbonyl (C=O) groups is 1. The molecule has 1 aliphatic rings. The van der Waals surface area contributed by atoms with Gasteiger partial charge in [-0.2, -0.15) is 0 Å². The first kappa shape index (κ1) is 31.5. The van der Waals surface area contributed by atoms with Gasteiger partial charge in [-0.15, -0.1) is 0 Å². The lowest BCUT2D eigenvalue weighted by molar-refractivity contribution is 0.0408. The summed E-state index contributed by atoms with van der Waals surface area (Å²) < 4.78 is 34.3. The van der Waals surface area contributed by atoms with E-state index in [0.29, 0.717) is 5.56 Å². The Balaban J connectivity index is 1.86. The van der Waals surface area contributed by atoms with Gasteiger partial charge in [0.15, 0.2) is 0 Å². The molecular formula is C31H43BrF2N2O3. The molecule has 1 fully saturated rings. The molecule has 3 N–H and O–H groups in total. The normalized spacial score (nSPS) is 17.4. The van der Waals surface area contributed by atoms with E-state index in [-0.39, 0.29) is 23.9 Å². The van der Waals surface area contributed by atoms with Gasteiger partial charge in [0.2, 0.25) is 0 Å². The number of nitrogens with one attached hydrogen (secondary N) is 2. The molecule has 216 valence electrons. The third-order valence-corrected chi connectivity index (χ3v) is 7.92. The minimum absolute atomic E-state index is 0.0379. The highest BCUT2D eigenvalue weighted by Gasteiger charge is 2.36. The Morgan fingerprint density at radius 3 is 2.21 bits per heavy atom. The number of amides is 1. The van der Waals surface area contributed by atoms with Crippen molar-refractivity contribution in [3.8, 4) is 0 Å². The molecule has 0 aromatic heterocycles. The zero-order chi connectivity index (χ0) is 29.0. The van der Waals surface area contributed by atoms with Crippen molar-refractivity contribution in [3.05, 3.63) is 69.2 Å². The lowest BCUT2D eigenvalue weighted by Gasteiger charge is -2.41. The number of benzene rings is 2. The molecule has 2 unspecified atom stereocenters. The molecule has 5 nitrogen and oxygen atoms in total. The topological polar surface area (TPSA) is 70.6 Å². The second kappa shape index (κ2) is 12.6. The molecule has 2 atom stereocenters. The van der Waals surface area contributed by atoms with Gasteiger partial charge in [-0.25, -0.2) is 13.6 Å². The maximum absolute atomic E-state index is 13.9. The van der Waals surface area contributed by atoms with Gasteiger partial charge in [0.25, 0.3) is 0 Å². The smallest absolute Gasteiger partial charge is 0.407 e. The van der Waals surface area contributed by atoms with Gasteiger partial charge in [0.1, 0.15) is 17.2 Å². The van der Waals surface area contributed by atoms with Gasteiger partial charge in [0.05, 0.1) is 12.1 Å². The second-order valence-corrected chi connectivity index (χ2v) is 13.6. The lowest BCUT2D eigenvalue weighted by Crippen LogP contribution is -2.54. The minimum atomic E-state index is -1.04. The average molecular weight is 610 g/mol. The van der Waals surface area contributed by atoms with Crippen molar-refractivity contribution < 1.29 is 23.4 Å². The number of rotatable bonds is 8. The lowest BCUT2D eigenvalue weighted by atomic mass is 9.74. The summed E-state index contributed by atoms with van der Waals surface area (Å²) in [7, 11) is 0. The molecule has 39 heavy (non-hydrogen) atoms. The van der Waals surface area contributed by atoms with E-state index in [0.717, 1.165) is 42.6 Å². The van der Waals surface area contributed by atoms with Crippen LogP contribution in [0.4, 0.5) is 13.6 Å². The van der Waals surface area contributed by atoms with Crippen LogP contribution in [0.25, 0.3) is 0 Å². The predicted molar refractivity (Wildman–Crippen MR) is 155 cm³/mol. The fraction of sp³-hybridized carbons (Fsp3) is 0.581. The van der Waals surface area contributed by atoms with Crippen LogP contribution in [0, 0.1) is 11.6 Å². The number of ether oxygens (including phenoxy) is 1. The predicted octanol–water partition coefficient (Wildman–Crippen LogP) is 7.27. The van der Waals surface area contributed by atoms with Crippen molar-refractivity contribution in [2.75, 3.05) is 6.54 Å². The zero-order valence-corrected chi connectivity index (χ0v) is 25.6. The van der Waals surface area contributed by atoms with E-state index in [4.69, 9.17) is 4.74 Å². The van der Waals surface area contributed by atoms with E-state index < -0.39 is 35.5 Å². The number of hydrogen-bond acceptors (Lipinski definition) is 4. The van der Waals surface area contributed by atoms with Crippen LogP contribution in [0.15, 0.2) is 40.9 Å². The Labute approximate surface area is 240 Å². The van der Waals surface area contributed by atoms with E-state index >= 15 is 0 Å². The van der Waals surface area contributed by atoms with Crippen LogP contribution in [0.3, 0.4) is 0 Å². The summed E-state index contributed by atoms with van der Waals surface area (Å²) in [5.74, 6) is -1.42. The summed E-state index contributed by atoms with van der Waals surface area (Å²) in [6.45, 7) is 12.0. The van der Waals surface area contributed by atoms with Gasteiger partial charge in [0, 0.05) is 22.6 Å². The van der Waals surface area contributed by atoms with Crippen molar-refractivity contribution >= 4 is 22.0 Å². The number of alkyl carbamates (subject to hydrolysis) is 1. The average Bonchev–Trinajstić information content (AvgIpc) is 2.80. The van der Waals surface area contributed by atoms with Crippen molar-refractivity contribution in [3.63, 3.8) is 0 Å². The zero-order valence-electron chi connectivity index (χ0n) is 24.0. The summed E-state index contributed by atoms with van der Waals surface area (Å²) in [6.07, 6.45) is 3.42. The third-order valence-electron chi connectivity index (χ3n) is 7.23. The van der Waals surface area contributed by atoms with Crippen molar-refractivity contribution in [1.82, 2.24) is 10.6 Å². The van der Waals surface area contributed by atoms with Crippen LogP contribution >= 0.6 is 15.9 Å². The quantitative estimate of drug-likeness (QED) is 0.295. The summed E-state index contributed by atoms with van der Waals surface area (Å²) in [5, 5.41) is 17.7. The molecule has 0 aliphatic heterocycles. The first-order valence-electron chi connectivity index (χ1n) is 13.8. The summed E-state index contributed by atoms with van der Waals surface area (Å²) in [6, 6.07) is 8.88. The molecule has 1 aliphatic carbocycles. The fourth-order valence-corrected chi connectivity index (χ4v) is 6.13. The van der Waals surface area contributed by atoms with Gasteiger partial charge in [-0.05, 0) is 80.3 Å². The molecule has 2 aromatic rings. The van der Waals surface area contributed by atoms with Gasteiger partial charge < -0.3 is 20.5 Å². The number of halogens is 3. The first-order chi connectivity index (χ1) is 18.1. The molecule has 0 bridgehead atoms. The highest BCUT2D eigenvalue weighted by molar-refractivity contribution is 9.10. The largest absolute Gasteiger partial charge is 0.444 e. The van der Waals surface area contributed by atoms with E-state index in [9.17, 15) is 18.7 Å². The Morgan fingerprint density at radius 1 is 1.03 bits per heavy atom. The first-order valence-corrected chi connectivity index (χ1v) is 14.6. The molecule has 3 rings (SSSR count). The SMILES string of the molecule is CC(C)(C)OC(=O)NC(Cc1cc(F)cc(F)c1)C(O)CNC1(c2ccc(Br)c(C(C)(C)C)c2)CCCCC1. The Hall–Kier alpha value is -2.03. The highest BCUT2D eigenvalue weighted by Crippen LogP contribution is 2.40. The summed E-state index contributed by atoms with van der Waals surface area (Å²) in [4.78, 5) is 12.6. The van der Waals surface area contributed by atoms with E-state index in [2.05, 4.69) is 65.5 Å². The second-order valence-electron chi connectivity index (χ2n) is 12.8. The van der Waals surface area contributed by atoms with E-state index in [1.807, 2.05) is 0 Å². The van der Waals surface area contributed by atoms with Crippen LogP contribution in [-0.2, 0) is 22.1 Å². The van der Waals surface area contributed by atoms with Crippen LogP contribution in [0.2, 0.25) is 0 Å². The minimum Gasteiger partial charge on any atom is -0.444 e. The molecule has 1 amide bonds. The fourth-order valence-electron chi connectivity index (χ4n) is 5.29. The molecule has 0 saturated heterocycles. The number of carbonyl (C=O) groups excluding carboxylic acids is 1. The van der Waals surface area contributed by atoms with Crippen molar-refractivity contribution in [2.45, 2.75) is 109 Å². The van der Waals surface area contributed by atoms with Gasteiger partial charge in [-0.1, -0.05) is 68.1 Å². The Kier molecular flexibility index (Phi) is 10.2. The molecule has 8 heteroatoms. The molecular weight excluding hydrogens is 566 g/mol. The monoisotopic (exact) mass is 608 g/mol. The van der Waals surface area contributed by atoms with Crippen LogP contribution in [0.5, 0.6) is 0 Å². The maximum Gasteiger partial charge on any atom is 0.407 e. The van der Waals surface area contributed by atoms with Crippen molar-refractivity contribution in [1.29, 1.82) is 0 Å². The summed E-state index contributed by atoms with van der Waals surface area (Å²) in [5.41, 5.74) is 1.61. The standard InChI is InChI=1S/C31H43BrF2N2O3/c1-29(2,3)24-17-21(10-11-25(24)32)31(12-8-7-9-13-31)35-19-27(37)26(36-28(38)39-30(4,5)6)16-20-14-22(33)18-23(34)15-20/h10-11,14-15,17-18,26-27,35,37H,7-9,12-13,16,19H2,1-6H3,(H,36,38). The van der Waals surface area contributed by atoms with Crippen LogP contribution in [0.1, 0.15) is 90.3 Å². The Morgan fingerprint density at radius 2 is 1.64 bits per heavy atom. The van der Waals surface area contributed by atoms with Crippen molar-refractivity contribution in [2.24, 2.45) is 0 Å². The van der Waals surface area contributed by atoms with E-state index in [1.54, 1.807) is 20.8 Å². The molecule has 2 aromatic carbocycles. The Bertz CT molecular complexity index is 1120.